The molecule has 0 radical (unpaired) electrons. The highest BCUT2D eigenvalue weighted by atomic mass is 32.2. The molecule has 1 aromatic rings. The zero-order valence-electron chi connectivity index (χ0n) is 12.1. The molecule has 0 aromatic heterocycles. The molecule has 1 aliphatic carbocycles. The van der Waals surface area contributed by atoms with Crippen LogP contribution in [0.2, 0.25) is 0 Å². The maximum absolute atomic E-state index is 12.2. The molecule has 1 fully saturated rings. The van der Waals surface area contributed by atoms with Crippen molar-refractivity contribution in [3.8, 4) is 0 Å². The molecular weight excluding hydrogens is 292 g/mol. The highest BCUT2D eigenvalue weighted by molar-refractivity contribution is 7.89. The SMILES string of the molecule is CCOC1CC(NC(=O)c2cc(S(N)(=O)=O)ccc2C)C1. The van der Waals surface area contributed by atoms with Gasteiger partial charge < -0.3 is 10.1 Å². The minimum Gasteiger partial charge on any atom is -0.378 e. The molecular formula is C14H20N2O4S. The molecule has 0 heterocycles. The molecule has 6 nitrogen and oxygen atoms in total. The zero-order valence-corrected chi connectivity index (χ0v) is 12.9. The summed E-state index contributed by atoms with van der Waals surface area (Å²) < 4.78 is 28.1. The number of benzene rings is 1. The number of aryl methyl sites for hydroxylation is 1. The first-order valence-corrected chi connectivity index (χ1v) is 8.41. The third-order valence-corrected chi connectivity index (χ3v) is 4.53. The zero-order chi connectivity index (χ0) is 15.6. The van der Waals surface area contributed by atoms with Crippen LogP contribution in [0.3, 0.4) is 0 Å². The number of hydrogen-bond donors (Lipinski definition) is 2. The van der Waals surface area contributed by atoms with Crippen LogP contribution in [0.15, 0.2) is 23.1 Å². The van der Waals surface area contributed by atoms with Gasteiger partial charge in [0.25, 0.3) is 5.91 Å². The molecule has 0 atom stereocenters. The normalized spacial score (nSPS) is 21.7. The van der Waals surface area contributed by atoms with E-state index in [-0.39, 0.29) is 22.9 Å². The van der Waals surface area contributed by atoms with Crippen LogP contribution in [0.4, 0.5) is 0 Å². The lowest BCUT2D eigenvalue weighted by Crippen LogP contribution is -2.48. The summed E-state index contributed by atoms with van der Waals surface area (Å²) in [6.07, 6.45) is 1.78. The first-order valence-electron chi connectivity index (χ1n) is 6.87. The average molecular weight is 312 g/mol. The van der Waals surface area contributed by atoms with Gasteiger partial charge in [0.2, 0.25) is 10.0 Å². The number of carbonyl (C=O) groups is 1. The molecule has 21 heavy (non-hydrogen) atoms. The lowest BCUT2D eigenvalue weighted by molar-refractivity contribution is -0.00863. The van der Waals surface area contributed by atoms with Gasteiger partial charge in [-0.3, -0.25) is 4.79 Å². The van der Waals surface area contributed by atoms with Crippen LogP contribution in [0, 0.1) is 6.92 Å². The second-order valence-corrected chi connectivity index (χ2v) is 6.80. The van der Waals surface area contributed by atoms with Crippen molar-refractivity contribution in [2.45, 2.75) is 43.7 Å². The molecule has 0 spiro atoms. The standard InChI is InChI=1S/C14H20N2O4S/c1-3-20-11-6-10(7-11)16-14(17)13-8-12(21(15,18)19)5-4-9(13)2/h4-5,8,10-11H,3,6-7H2,1-2H3,(H,16,17)(H2,15,18,19). The van der Waals surface area contributed by atoms with Crippen molar-refractivity contribution in [2.75, 3.05) is 6.61 Å². The van der Waals surface area contributed by atoms with Crippen molar-refractivity contribution < 1.29 is 17.9 Å². The number of primary sulfonamides is 1. The maximum Gasteiger partial charge on any atom is 0.251 e. The van der Waals surface area contributed by atoms with Crippen molar-refractivity contribution in [1.82, 2.24) is 5.32 Å². The summed E-state index contributed by atoms with van der Waals surface area (Å²) in [5, 5.41) is 7.98. The summed E-state index contributed by atoms with van der Waals surface area (Å²) in [4.78, 5) is 12.2. The van der Waals surface area contributed by atoms with Crippen LogP contribution in [0.25, 0.3) is 0 Å². The molecule has 1 amide bonds. The monoisotopic (exact) mass is 312 g/mol. The van der Waals surface area contributed by atoms with E-state index in [1.807, 2.05) is 6.92 Å². The van der Waals surface area contributed by atoms with Gasteiger partial charge in [0.15, 0.2) is 0 Å². The van der Waals surface area contributed by atoms with E-state index in [1.54, 1.807) is 13.0 Å². The number of nitrogens with two attached hydrogens (primary N) is 1. The van der Waals surface area contributed by atoms with Gasteiger partial charge in [-0.25, -0.2) is 13.6 Å². The Balaban J connectivity index is 2.06. The lowest BCUT2D eigenvalue weighted by atomic mass is 9.89. The summed E-state index contributed by atoms with van der Waals surface area (Å²) in [6.45, 7) is 4.36. The Kier molecular flexibility index (Phi) is 4.65. The van der Waals surface area contributed by atoms with Crippen LogP contribution in [-0.4, -0.2) is 33.1 Å². The number of sulfonamides is 1. The highest BCUT2D eigenvalue weighted by Crippen LogP contribution is 2.24. The van der Waals surface area contributed by atoms with E-state index in [4.69, 9.17) is 9.88 Å². The summed E-state index contributed by atoms with van der Waals surface area (Å²) in [5.74, 6) is -0.280. The summed E-state index contributed by atoms with van der Waals surface area (Å²) in [5.41, 5.74) is 1.04. The Labute approximate surface area is 124 Å². The number of ether oxygens (including phenoxy) is 1. The number of amides is 1. The van der Waals surface area contributed by atoms with Crippen LogP contribution in [0.5, 0.6) is 0 Å². The quantitative estimate of drug-likeness (QED) is 0.845. The van der Waals surface area contributed by atoms with Gasteiger partial charge in [0.05, 0.1) is 11.0 Å². The Morgan fingerprint density at radius 3 is 2.67 bits per heavy atom. The molecule has 116 valence electrons. The van der Waals surface area contributed by atoms with E-state index >= 15 is 0 Å². The topological polar surface area (TPSA) is 98.5 Å². The molecule has 3 N–H and O–H groups in total. The van der Waals surface area contributed by atoms with Gasteiger partial charge in [0, 0.05) is 18.2 Å². The van der Waals surface area contributed by atoms with Gasteiger partial charge >= 0.3 is 0 Å². The minimum absolute atomic E-state index is 0.0564. The number of nitrogens with one attached hydrogen (secondary N) is 1. The Bertz CT molecular complexity index is 636. The van der Waals surface area contributed by atoms with Crippen LogP contribution >= 0.6 is 0 Å². The van der Waals surface area contributed by atoms with Crippen molar-refractivity contribution in [2.24, 2.45) is 5.14 Å². The van der Waals surface area contributed by atoms with Crippen LogP contribution in [0.1, 0.15) is 35.7 Å². The third kappa shape index (κ3) is 3.81. The summed E-state index contributed by atoms with van der Waals surface area (Å²) >= 11 is 0. The molecule has 0 saturated heterocycles. The van der Waals surface area contributed by atoms with Gasteiger partial charge in [-0.2, -0.15) is 0 Å². The van der Waals surface area contributed by atoms with Crippen LogP contribution < -0.4 is 10.5 Å². The van der Waals surface area contributed by atoms with Gasteiger partial charge in [-0.05, 0) is 44.4 Å². The van der Waals surface area contributed by atoms with Gasteiger partial charge in [-0.15, -0.1) is 0 Å². The number of rotatable bonds is 5. The predicted molar refractivity (Wildman–Crippen MR) is 78.5 cm³/mol. The second-order valence-electron chi connectivity index (χ2n) is 5.24. The fourth-order valence-corrected chi connectivity index (χ4v) is 2.88. The second kappa shape index (κ2) is 6.13. The fourth-order valence-electron chi connectivity index (χ4n) is 2.34. The molecule has 0 bridgehead atoms. The van der Waals surface area contributed by atoms with Crippen molar-refractivity contribution >= 4 is 15.9 Å². The summed E-state index contributed by atoms with van der Waals surface area (Å²) in [6, 6.07) is 4.37. The number of hydrogen-bond acceptors (Lipinski definition) is 4. The van der Waals surface area contributed by atoms with E-state index < -0.39 is 10.0 Å². The first kappa shape index (κ1) is 15.9. The first-order chi connectivity index (χ1) is 9.81. The van der Waals surface area contributed by atoms with E-state index in [9.17, 15) is 13.2 Å². The Morgan fingerprint density at radius 2 is 2.10 bits per heavy atom. The van der Waals surface area contributed by atoms with E-state index in [2.05, 4.69) is 5.32 Å². The van der Waals surface area contributed by atoms with Gasteiger partial charge in [0.1, 0.15) is 0 Å². The Morgan fingerprint density at radius 1 is 1.43 bits per heavy atom. The molecule has 1 aliphatic rings. The largest absolute Gasteiger partial charge is 0.378 e. The third-order valence-electron chi connectivity index (χ3n) is 3.61. The average Bonchev–Trinajstić information content (AvgIpc) is 2.35. The Hall–Kier alpha value is -1.44. The molecule has 0 aliphatic heterocycles. The molecule has 1 aromatic carbocycles. The van der Waals surface area contributed by atoms with E-state index in [0.717, 1.165) is 12.8 Å². The minimum atomic E-state index is -3.81. The molecule has 7 heteroatoms. The molecule has 1 saturated carbocycles. The van der Waals surface area contributed by atoms with E-state index in [0.29, 0.717) is 17.7 Å². The molecule has 0 unspecified atom stereocenters. The number of carbonyl (C=O) groups excluding carboxylic acids is 1. The highest BCUT2D eigenvalue weighted by Gasteiger charge is 2.31. The predicted octanol–water partition coefficient (Wildman–Crippen LogP) is 0.940. The summed E-state index contributed by atoms with van der Waals surface area (Å²) in [7, 11) is -3.81. The maximum atomic E-state index is 12.2. The van der Waals surface area contributed by atoms with Crippen LogP contribution in [-0.2, 0) is 14.8 Å². The lowest BCUT2D eigenvalue weighted by Gasteiger charge is -2.35. The van der Waals surface area contributed by atoms with Crippen molar-refractivity contribution in [1.29, 1.82) is 0 Å². The van der Waals surface area contributed by atoms with Gasteiger partial charge in [-0.1, -0.05) is 6.07 Å². The molecule has 2 rings (SSSR count). The smallest absolute Gasteiger partial charge is 0.251 e. The van der Waals surface area contributed by atoms with E-state index in [1.165, 1.54) is 12.1 Å². The van der Waals surface area contributed by atoms with Crippen molar-refractivity contribution in [3.05, 3.63) is 29.3 Å². The fraction of sp³-hybridized carbons (Fsp3) is 0.500. The van der Waals surface area contributed by atoms with Crippen molar-refractivity contribution in [3.63, 3.8) is 0 Å².